The Morgan fingerprint density at radius 3 is 2.26 bits per heavy atom. The number of fused-ring (bicyclic) bond motifs is 2. The summed E-state index contributed by atoms with van der Waals surface area (Å²) in [6, 6.07) is 4.65. The number of ether oxygens (including phenoxy) is 2. The van der Waals surface area contributed by atoms with Crippen molar-refractivity contribution in [2.75, 3.05) is 13.7 Å². The number of nitrogens with one attached hydrogen (secondary N) is 2. The van der Waals surface area contributed by atoms with Crippen LogP contribution in [0.4, 0.5) is 4.39 Å². The third-order valence-corrected chi connectivity index (χ3v) is 11.4. The normalized spacial score (nSPS) is 32.5. The minimum atomic E-state index is -2.28. The van der Waals surface area contributed by atoms with Crippen LogP contribution in [0, 0.1) is 45.8 Å². The number of halogens is 1. The van der Waals surface area contributed by atoms with Crippen molar-refractivity contribution in [2.45, 2.75) is 90.5 Å². The molecule has 4 saturated carbocycles. The van der Waals surface area contributed by atoms with Crippen LogP contribution in [-0.4, -0.2) is 54.4 Å². The Kier molecular flexibility index (Phi) is 7.70. The van der Waals surface area contributed by atoms with E-state index in [2.05, 4.69) is 44.4 Å². The summed E-state index contributed by atoms with van der Waals surface area (Å²) >= 11 is 0. The number of nitriles is 1. The zero-order valence-electron chi connectivity index (χ0n) is 25.1. The van der Waals surface area contributed by atoms with Gasteiger partial charge >= 0.3 is 5.97 Å². The second kappa shape index (κ2) is 10.7. The Bertz CT molecular complexity index is 1300. The minimum absolute atomic E-state index is 0.00980. The Hall–Kier alpha value is -3.35. The topological polar surface area (TPSA) is 138 Å². The maximum absolute atomic E-state index is 14.5. The van der Waals surface area contributed by atoms with E-state index in [0.29, 0.717) is 12.5 Å². The highest BCUT2D eigenvalue weighted by Crippen LogP contribution is 2.68. The number of rotatable bonds is 9. The highest BCUT2D eigenvalue weighted by Gasteiger charge is 2.64. The number of carbonyl (C=O) groups excluding carboxylic acids is 2. The number of aliphatic carboxylic acids is 1. The van der Waals surface area contributed by atoms with E-state index < -0.39 is 23.6 Å². The third kappa shape index (κ3) is 5.09. The van der Waals surface area contributed by atoms with Crippen LogP contribution in [0.25, 0.3) is 0 Å². The molecule has 10 heteroatoms. The molecule has 2 bridgehead atoms. The molecular formula is C32H42FN3O6. The molecule has 228 valence electrons. The number of nitrogens with zero attached hydrogens (tertiary/aromatic N) is 1. The van der Waals surface area contributed by atoms with E-state index in [0.717, 1.165) is 19.3 Å². The first-order valence-electron chi connectivity index (χ1n) is 15.0. The lowest BCUT2D eigenvalue weighted by molar-refractivity contribution is -0.154. The van der Waals surface area contributed by atoms with Crippen molar-refractivity contribution in [1.29, 1.82) is 5.26 Å². The van der Waals surface area contributed by atoms with Crippen LogP contribution in [0.5, 0.6) is 11.5 Å². The van der Waals surface area contributed by atoms with Crippen LogP contribution < -0.4 is 20.1 Å². The lowest BCUT2D eigenvalue weighted by Crippen LogP contribution is -2.50. The first kappa shape index (κ1) is 30.1. The maximum Gasteiger partial charge on any atom is 0.341 e. The number of hydrogen-bond acceptors (Lipinski definition) is 6. The average Bonchev–Trinajstić information content (AvgIpc) is 3.36. The molecule has 4 atom stereocenters. The number of hydrogen-bond donors (Lipinski definition) is 3. The Balaban J connectivity index is 1.30. The molecule has 5 rings (SSSR count). The van der Waals surface area contributed by atoms with Crippen molar-refractivity contribution in [2.24, 2.45) is 34.5 Å². The van der Waals surface area contributed by atoms with E-state index in [9.17, 15) is 29.1 Å². The first-order chi connectivity index (χ1) is 19.7. The Morgan fingerprint density at radius 1 is 1.05 bits per heavy atom. The number of alkyl halides is 1. The van der Waals surface area contributed by atoms with Crippen LogP contribution in [0.2, 0.25) is 0 Å². The third-order valence-electron chi connectivity index (χ3n) is 11.4. The summed E-state index contributed by atoms with van der Waals surface area (Å²) < 4.78 is 26.0. The zero-order valence-corrected chi connectivity index (χ0v) is 25.1. The molecule has 0 spiro atoms. The van der Waals surface area contributed by atoms with E-state index in [4.69, 9.17) is 9.47 Å². The van der Waals surface area contributed by atoms with Crippen molar-refractivity contribution >= 4 is 17.8 Å². The molecule has 0 heterocycles. The molecule has 4 aliphatic carbocycles. The summed E-state index contributed by atoms with van der Waals surface area (Å²) in [5.74, 6) is -1.02. The van der Waals surface area contributed by atoms with Gasteiger partial charge in [0.2, 0.25) is 11.6 Å². The van der Waals surface area contributed by atoms with Gasteiger partial charge in [0.15, 0.2) is 0 Å². The highest BCUT2D eigenvalue weighted by atomic mass is 19.1. The predicted octanol–water partition coefficient (Wildman–Crippen LogP) is 4.62. The van der Waals surface area contributed by atoms with Gasteiger partial charge in [-0.15, -0.1) is 0 Å². The van der Waals surface area contributed by atoms with E-state index in [-0.39, 0.29) is 88.8 Å². The van der Waals surface area contributed by atoms with Crippen molar-refractivity contribution in [1.82, 2.24) is 10.6 Å². The molecule has 9 nitrogen and oxygen atoms in total. The van der Waals surface area contributed by atoms with Crippen molar-refractivity contribution in [3.05, 3.63) is 23.3 Å². The summed E-state index contributed by atoms with van der Waals surface area (Å²) in [6.45, 7) is 9.53. The van der Waals surface area contributed by atoms with Gasteiger partial charge in [-0.2, -0.15) is 5.26 Å². The lowest BCUT2D eigenvalue weighted by Gasteiger charge is -2.32. The van der Waals surface area contributed by atoms with Gasteiger partial charge in [0, 0.05) is 18.7 Å². The van der Waals surface area contributed by atoms with Gasteiger partial charge in [0.1, 0.15) is 17.6 Å². The summed E-state index contributed by atoms with van der Waals surface area (Å²) in [6.07, 6.45) is 2.27. The molecule has 2 amide bonds. The molecule has 3 N–H and O–H groups in total. The smallest absolute Gasteiger partial charge is 0.341 e. The van der Waals surface area contributed by atoms with Crippen LogP contribution in [0.1, 0.15) is 88.6 Å². The average molecular weight is 584 g/mol. The quantitative estimate of drug-likeness (QED) is 0.386. The predicted molar refractivity (Wildman–Crippen MR) is 152 cm³/mol. The van der Waals surface area contributed by atoms with Crippen molar-refractivity contribution < 1.29 is 33.4 Å². The highest BCUT2D eigenvalue weighted by molar-refractivity contribution is 5.98. The fourth-order valence-corrected chi connectivity index (χ4v) is 7.92. The largest absolute Gasteiger partial charge is 0.496 e. The number of methoxy groups -OCH3 is 1. The molecule has 42 heavy (non-hydrogen) atoms. The molecule has 0 aromatic heterocycles. The van der Waals surface area contributed by atoms with Gasteiger partial charge in [0.05, 0.1) is 30.3 Å². The summed E-state index contributed by atoms with van der Waals surface area (Å²) in [7, 11) is 1.41. The molecule has 1 aromatic carbocycles. The fraction of sp³-hybridized carbons (Fsp3) is 0.688. The molecule has 0 radical (unpaired) electrons. The zero-order chi connectivity index (χ0) is 30.6. The number of carboxylic acid groups (broad SMARTS) is 1. The Labute approximate surface area is 246 Å². The van der Waals surface area contributed by atoms with Crippen LogP contribution in [0.3, 0.4) is 0 Å². The van der Waals surface area contributed by atoms with E-state index >= 15 is 0 Å². The van der Waals surface area contributed by atoms with Gasteiger partial charge in [-0.3, -0.25) is 9.59 Å². The fourth-order valence-electron chi connectivity index (χ4n) is 7.92. The van der Waals surface area contributed by atoms with E-state index in [1.807, 2.05) is 0 Å². The number of benzene rings is 1. The second-order valence-electron chi connectivity index (χ2n) is 13.8. The van der Waals surface area contributed by atoms with Gasteiger partial charge in [-0.25, -0.2) is 9.18 Å². The lowest BCUT2D eigenvalue weighted by atomic mass is 9.83. The molecule has 4 fully saturated rings. The number of carbonyl (C=O) groups is 3. The summed E-state index contributed by atoms with van der Waals surface area (Å²) in [5.41, 5.74) is -1.62. The molecular weight excluding hydrogens is 541 g/mol. The van der Waals surface area contributed by atoms with Gasteiger partial charge in [-0.1, -0.05) is 27.7 Å². The van der Waals surface area contributed by atoms with Crippen molar-refractivity contribution in [3.63, 3.8) is 0 Å². The van der Waals surface area contributed by atoms with Gasteiger partial charge in [-0.05, 0) is 79.6 Å². The van der Waals surface area contributed by atoms with Gasteiger partial charge < -0.3 is 25.2 Å². The molecule has 1 aromatic rings. The summed E-state index contributed by atoms with van der Waals surface area (Å²) in [4.78, 5) is 38.4. The standard InChI is InChI=1S/C32H42FN3O6/c1-30(2)24(31(30,3)4)16-35-28(38)25-17-6-7-18(12-17)26(25)36-27(37)21-14-22(19(15-34)13-23(21)41-5)42-20-8-10-32(33,11-9-20)29(39)40/h13-14,17-18,20,24-26H,6-12,16H2,1-5H3,(H,35,38)(H,36,37)(H,39,40)/t17-,18+,20?,25+,26-,32?/m1/s1. The van der Waals surface area contributed by atoms with E-state index in [1.165, 1.54) is 19.2 Å². The molecule has 0 aliphatic heterocycles. The second-order valence-corrected chi connectivity index (χ2v) is 13.8. The number of carboxylic acids is 1. The monoisotopic (exact) mass is 583 g/mol. The minimum Gasteiger partial charge on any atom is -0.496 e. The maximum atomic E-state index is 14.5. The summed E-state index contributed by atoms with van der Waals surface area (Å²) in [5, 5.41) is 25.2. The van der Waals surface area contributed by atoms with Crippen molar-refractivity contribution in [3.8, 4) is 17.6 Å². The van der Waals surface area contributed by atoms with Crippen LogP contribution >= 0.6 is 0 Å². The first-order valence-corrected chi connectivity index (χ1v) is 15.0. The van der Waals surface area contributed by atoms with Crippen LogP contribution in [0.15, 0.2) is 12.1 Å². The van der Waals surface area contributed by atoms with E-state index in [1.54, 1.807) is 0 Å². The molecule has 4 aliphatic rings. The Morgan fingerprint density at radius 2 is 1.69 bits per heavy atom. The number of amides is 2. The molecule has 0 unspecified atom stereocenters. The molecule has 0 saturated heterocycles. The SMILES string of the molecule is COc1cc(C#N)c(OC2CCC(F)(C(=O)O)CC2)cc1C(=O)N[C@@H]1[C@H]2CC[C@H](C2)[C@@H]1C(=O)NCC1C(C)(C)C1(C)C. The van der Waals surface area contributed by atoms with Gasteiger partial charge in [0.25, 0.3) is 5.91 Å². The van der Waals surface area contributed by atoms with Crippen LogP contribution in [-0.2, 0) is 9.59 Å².